The fraction of sp³-hybridized carbons (Fsp3) is 0.625. The number of hydrogen-bond donors (Lipinski definition) is 2. The summed E-state index contributed by atoms with van der Waals surface area (Å²) in [5.74, 6) is -2.62. The van der Waals surface area contributed by atoms with Crippen molar-refractivity contribution in [2.45, 2.75) is 108 Å². The number of esters is 3. The molecule has 2 N–H and O–H groups in total. The van der Waals surface area contributed by atoms with E-state index in [1.54, 1.807) is 26.8 Å². The van der Waals surface area contributed by atoms with Gasteiger partial charge in [0.2, 0.25) is 6.10 Å². The van der Waals surface area contributed by atoms with Crippen LogP contribution in [0.4, 0.5) is 0 Å². The van der Waals surface area contributed by atoms with Crippen LogP contribution in [0.1, 0.15) is 70.6 Å². The van der Waals surface area contributed by atoms with Crippen LogP contribution < -0.4 is 4.74 Å². The van der Waals surface area contributed by atoms with Crippen LogP contribution in [-0.2, 0) is 56.6 Å². The molecule has 44 heavy (non-hydrogen) atoms. The van der Waals surface area contributed by atoms with Gasteiger partial charge in [-0.3, -0.25) is 14.4 Å². The first-order valence-electron chi connectivity index (χ1n) is 14.9. The summed E-state index contributed by atoms with van der Waals surface area (Å²) in [6.45, 7) is 7.91. The summed E-state index contributed by atoms with van der Waals surface area (Å²) in [6, 6.07) is 3.58. The largest absolute Gasteiger partial charge is 0.481 e. The average Bonchev–Trinajstić information content (AvgIpc) is 3.30. The molecular formula is C32H41NO11. The third-order valence-corrected chi connectivity index (χ3v) is 9.17. The molecule has 12 nitrogen and oxygen atoms in total. The van der Waals surface area contributed by atoms with E-state index in [9.17, 15) is 29.4 Å². The van der Waals surface area contributed by atoms with Gasteiger partial charge in [0.1, 0.15) is 18.1 Å². The molecule has 6 atom stereocenters. The van der Waals surface area contributed by atoms with Gasteiger partial charge in [-0.25, -0.2) is 4.79 Å². The Kier molecular flexibility index (Phi) is 8.43. The Morgan fingerprint density at radius 3 is 2.57 bits per heavy atom. The second-order valence-electron chi connectivity index (χ2n) is 13.1. The molecule has 0 unspecified atom stereocenters. The number of carbonyl (C=O) groups is 4. The SMILES string of the molecule is CC(=O)O[C@@H](CC(=O)OC1=CC[C@@]2(O)[C@H]3Cc4ccc(CO)c5c4[C@@]2(CCN3C)[C@H]1O5)C(=O)O[C@@H](C)C(=O)COC(C)(C)C. The molecule has 0 amide bonds. The van der Waals surface area contributed by atoms with E-state index in [-0.39, 0.29) is 31.4 Å². The molecule has 5 rings (SSSR count). The van der Waals surface area contributed by atoms with Crippen molar-refractivity contribution in [2.75, 3.05) is 20.2 Å². The van der Waals surface area contributed by atoms with Crippen LogP contribution in [0.25, 0.3) is 0 Å². The molecule has 2 aliphatic heterocycles. The summed E-state index contributed by atoms with van der Waals surface area (Å²) >= 11 is 0. The van der Waals surface area contributed by atoms with Crippen molar-refractivity contribution >= 4 is 23.7 Å². The van der Waals surface area contributed by atoms with Crippen molar-refractivity contribution in [1.29, 1.82) is 0 Å². The molecule has 0 aromatic heterocycles. The highest BCUT2D eigenvalue weighted by Gasteiger charge is 2.71. The third-order valence-electron chi connectivity index (χ3n) is 9.17. The van der Waals surface area contributed by atoms with Crippen LogP contribution in [0.2, 0.25) is 0 Å². The maximum absolute atomic E-state index is 13.3. The Morgan fingerprint density at radius 2 is 1.91 bits per heavy atom. The van der Waals surface area contributed by atoms with Gasteiger partial charge in [-0.15, -0.1) is 0 Å². The average molecular weight is 616 g/mol. The van der Waals surface area contributed by atoms with Crippen molar-refractivity contribution in [3.05, 3.63) is 40.7 Å². The van der Waals surface area contributed by atoms with E-state index < -0.39 is 65.0 Å². The second-order valence-corrected chi connectivity index (χ2v) is 13.1. The molecule has 12 heteroatoms. The Balaban J connectivity index is 1.35. The van der Waals surface area contributed by atoms with E-state index >= 15 is 0 Å². The predicted octanol–water partition coefficient (Wildman–Crippen LogP) is 1.64. The van der Waals surface area contributed by atoms with Crippen molar-refractivity contribution in [2.24, 2.45) is 0 Å². The lowest BCUT2D eigenvalue weighted by Crippen LogP contribution is -2.74. The maximum Gasteiger partial charge on any atom is 0.348 e. The molecule has 1 aromatic carbocycles. The van der Waals surface area contributed by atoms with Crippen LogP contribution in [0.15, 0.2) is 24.0 Å². The van der Waals surface area contributed by atoms with Crippen molar-refractivity contribution in [1.82, 2.24) is 4.90 Å². The summed E-state index contributed by atoms with van der Waals surface area (Å²) in [4.78, 5) is 52.6. The van der Waals surface area contributed by atoms with Gasteiger partial charge in [0.15, 0.2) is 18.0 Å². The van der Waals surface area contributed by atoms with Gasteiger partial charge in [-0.1, -0.05) is 12.1 Å². The second kappa shape index (κ2) is 11.6. The van der Waals surface area contributed by atoms with Crippen LogP contribution in [0.3, 0.4) is 0 Å². The van der Waals surface area contributed by atoms with E-state index in [1.807, 2.05) is 19.2 Å². The van der Waals surface area contributed by atoms with Crippen molar-refractivity contribution in [3.8, 4) is 5.75 Å². The highest BCUT2D eigenvalue weighted by Crippen LogP contribution is 2.64. The van der Waals surface area contributed by atoms with Gasteiger partial charge >= 0.3 is 17.9 Å². The van der Waals surface area contributed by atoms with Gasteiger partial charge in [0, 0.05) is 30.5 Å². The lowest BCUT2D eigenvalue weighted by atomic mass is 9.50. The lowest BCUT2D eigenvalue weighted by molar-refractivity contribution is -0.177. The van der Waals surface area contributed by atoms with Crippen LogP contribution in [-0.4, -0.2) is 94.6 Å². The number of hydrogen-bond acceptors (Lipinski definition) is 12. The van der Waals surface area contributed by atoms with E-state index in [2.05, 4.69) is 4.90 Å². The molecule has 1 saturated heterocycles. The minimum Gasteiger partial charge on any atom is -0.481 e. The fourth-order valence-corrected chi connectivity index (χ4v) is 7.05. The molecule has 4 aliphatic rings. The normalized spacial score (nSPS) is 28.1. The topological polar surface area (TPSA) is 158 Å². The molecule has 1 spiro atoms. The minimum absolute atomic E-state index is 0.175. The number of carbonyl (C=O) groups excluding carboxylic acids is 4. The number of aliphatic hydroxyl groups is 2. The number of benzene rings is 1. The zero-order valence-electron chi connectivity index (χ0n) is 26.0. The number of nitrogens with zero attached hydrogens (tertiary/aromatic N) is 1. The molecular weight excluding hydrogens is 574 g/mol. The van der Waals surface area contributed by atoms with Crippen molar-refractivity contribution < 1.29 is 53.1 Å². The zero-order chi connectivity index (χ0) is 32.2. The number of Topliss-reactive ketones (excluding diaryl/α,β-unsaturated/α-hetero) is 1. The van der Waals surface area contributed by atoms with Crippen molar-refractivity contribution in [3.63, 3.8) is 0 Å². The number of ketones is 1. The Morgan fingerprint density at radius 1 is 1.18 bits per heavy atom. The molecule has 240 valence electrons. The highest BCUT2D eigenvalue weighted by atomic mass is 16.6. The summed E-state index contributed by atoms with van der Waals surface area (Å²) in [7, 11) is 1.98. The first-order chi connectivity index (χ1) is 20.6. The van der Waals surface area contributed by atoms with Gasteiger partial charge in [-0.2, -0.15) is 0 Å². The quantitative estimate of drug-likeness (QED) is 0.290. The fourth-order valence-electron chi connectivity index (χ4n) is 7.05. The minimum atomic E-state index is -1.66. The van der Waals surface area contributed by atoms with Gasteiger partial charge in [0.05, 0.1) is 29.6 Å². The molecule has 2 bridgehead atoms. The molecule has 2 aliphatic carbocycles. The number of piperidine rings is 1. The lowest BCUT2D eigenvalue weighted by Gasteiger charge is -2.61. The van der Waals surface area contributed by atoms with E-state index in [0.29, 0.717) is 30.7 Å². The summed E-state index contributed by atoms with van der Waals surface area (Å²) < 4.78 is 28.0. The highest BCUT2D eigenvalue weighted by molar-refractivity contribution is 5.89. The molecule has 2 heterocycles. The summed E-state index contributed by atoms with van der Waals surface area (Å²) in [5, 5.41) is 22.4. The predicted molar refractivity (Wildman–Crippen MR) is 153 cm³/mol. The van der Waals surface area contributed by atoms with Crippen LogP contribution in [0, 0.1) is 0 Å². The van der Waals surface area contributed by atoms with E-state index in [1.165, 1.54) is 6.92 Å². The monoisotopic (exact) mass is 615 g/mol. The van der Waals surface area contributed by atoms with Gasteiger partial charge in [-0.05, 0) is 65.8 Å². The number of likely N-dealkylation sites (tertiary alicyclic amines) is 1. The standard InChI is InChI=1S/C32H41NO11/c1-17(21(36)16-40-30(3,4)5)41-29(38)23(42-18(2)35)14-25(37)43-22-9-10-32(39)24-13-19-7-8-20(15-34)27-26(19)31(32,28(22)44-27)11-12-33(24)6/h7-9,17,23-24,28,34,39H,10-16H2,1-6H3/t17-,23-,24+,28-,31-,32+/m0/s1. The molecule has 0 radical (unpaired) electrons. The summed E-state index contributed by atoms with van der Waals surface area (Å²) in [5.41, 5.74) is -0.268. The first kappa shape index (κ1) is 32.1. The van der Waals surface area contributed by atoms with E-state index in [0.717, 1.165) is 18.1 Å². The Bertz CT molecular complexity index is 1400. The first-order valence-corrected chi connectivity index (χ1v) is 14.9. The van der Waals surface area contributed by atoms with Gasteiger partial charge < -0.3 is 38.8 Å². The Hall–Kier alpha value is -3.32. The zero-order valence-corrected chi connectivity index (χ0v) is 26.0. The summed E-state index contributed by atoms with van der Waals surface area (Å²) in [6.07, 6.45) is -1.44. The molecule has 0 saturated carbocycles. The number of likely N-dealkylation sites (N-methyl/N-ethyl adjacent to an activating group) is 1. The van der Waals surface area contributed by atoms with Crippen LogP contribution in [0.5, 0.6) is 5.75 Å². The maximum atomic E-state index is 13.3. The molecule has 1 fully saturated rings. The number of aliphatic hydroxyl groups excluding tert-OH is 1. The number of ether oxygens (including phenoxy) is 5. The number of rotatable bonds is 10. The Labute approximate surface area is 256 Å². The molecule has 1 aromatic rings. The van der Waals surface area contributed by atoms with Gasteiger partial charge in [0.25, 0.3) is 0 Å². The third kappa shape index (κ3) is 5.42. The van der Waals surface area contributed by atoms with Crippen LogP contribution >= 0.6 is 0 Å². The van der Waals surface area contributed by atoms with E-state index in [4.69, 9.17) is 23.7 Å². The smallest absolute Gasteiger partial charge is 0.348 e.